The van der Waals surface area contributed by atoms with Crippen LogP contribution in [0.5, 0.6) is 0 Å². The van der Waals surface area contributed by atoms with Crippen LogP contribution in [0.3, 0.4) is 0 Å². The van der Waals surface area contributed by atoms with Gasteiger partial charge in [0.15, 0.2) is 5.82 Å². The van der Waals surface area contributed by atoms with Gasteiger partial charge in [0.1, 0.15) is 0 Å². The molecule has 0 aromatic carbocycles. The van der Waals surface area contributed by atoms with Gasteiger partial charge >= 0.3 is 0 Å². The van der Waals surface area contributed by atoms with Crippen molar-refractivity contribution in [2.24, 2.45) is 0 Å². The van der Waals surface area contributed by atoms with Crippen LogP contribution in [0.15, 0.2) is 49.1 Å². The van der Waals surface area contributed by atoms with Gasteiger partial charge in [-0.05, 0) is 31.2 Å². The molecular weight excluding hydrogens is 240 g/mol. The lowest BCUT2D eigenvalue weighted by Crippen LogP contribution is -2.07. The number of anilines is 1. The second kappa shape index (κ2) is 4.93. The summed E-state index contributed by atoms with van der Waals surface area (Å²) in [6.07, 6.45) is 7.13. The number of nitrogens with zero attached hydrogens (tertiary/aromatic N) is 4. The van der Waals surface area contributed by atoms with E-state index in [1.165, 1.54) is 0 Å². The molecule has 3 aromatic rings. The summed E-state index contributed by atoms with van der Waals surface area (Å²) in [4.78, 5) is 4.37. The Balaban J connectivity index is 1.73. The summed E-state index contributed by atoms with van der Waals surface area (Å²) in [7, 11) is 0. The highest BCUT2D eigenvalue weighted by Crippen LogP contribution is 2.17. The topological polar surface area (TPSA) is 71.4 Å². The maximum absolute atomic E-state index is 4.37. The smallest absolute Gasteiger partial charge is 0.153 e. The number of nitrogens with one attached hydrogen (secondary N) is 2. The van der Waals surface area contributed by atoms with Crippen LogP contribution < -0.4 is 5.32 Å². The third kappa shape index (κ3) is 2.47. The highest BCUT2D eigenvalue weighted by molar-refractivity contribution is 5.45. The molecule has 0 saturated heterocycles. The molecule has 6 heteroatoms. The lowest BCUT2D eigenvalue weighted by molar-refractivity contribution is 0.820. The van der Waals surface area contributed by atoms with Crippen LogP contribution in [0, 0.1) is 0 Å². The fraction of sp³-hybridized carbons (Fsp3) is 0.154. The molecule has 0 aliphatic rings. The van der Waals surface area contributed by atoms with E-state index < -0.39 is 0 Å². The zero-order valence-electron chi connectivity index (χ0n) is 10.5. The number of hydrogen-bond acceptors (Lipinski definition) is 4. The Labute approximate surface area is 110 Å². The highest BCUT2D eigenvalue weighted by Gasteiger charge is 2.06. The van der Waals surface area contributed by atoms with Crippen LogP contribution >= 0.6 is 0 Å². The van der Waals surface area contributed by atoms with E-state index in [0.717, 1.165) is 17.2 Å². The first kappa shape index (κ1) is 11.5. The summed E-state index contributed by atoms with van der Waals surface area (Å²) in [6.45, 7) is 2.06. The molecule has 3 heterocycles. The summed E-state index contributed by atoms with van der Waals surface area (Å²) in [5, 5.41) is 14.4. The van der Waals surface area contributed by atoms with E-state index in [9.17, 15) is 0 Å². The zero-order valence-corrected chi connectivity index (χ0v) is 10.5. The van der Waals surface area contributed by atoms with Crippen molar-refractivity contribution in [1.29, 1.82) is 0 Å². The second-order valence-corrected chi connectivity index (χ2v) is 4.23. The van der Waals surface area contributed by atoms with Gasteiger partial charge in [0.05, 0.1) is 23.6 Å². The van der Waals surface area contributed by atoms with Gasteiger partial charge in [-0.1, -0.05) is 0 Å². The molecule has 0 saturated carbocycles. The maximum atomic E-state index is 4.37. The Bertz CT molecular complexity index is 612. The van der Waals surface area contributed by atoms with Gasteiger partial charge < -0.3 is 5.32 Å². The molecule has 0 amide bonds. The van der Waals surface area contributed by atoms with Crippen LogP contribution in [0.1, 0.15) is 18.7 Å². The predicted octanol–water partition coefficient (Wildman–Crippen LogP) is 2.16. The molecule has 0 spiro atoms. The van der Waals surface area contributed by atoms with E-state index in [4.69, 9.17) is 0 Å². The van der Waals surface area contributed by atoms with Gasteiger partial charge in [-0.25, -0.2) is 9.67 Å². The Hall–Kier alpha value is -2.63. The molecule has 0 aliphatic carbocycles. The number of aromatic amines is 1. The Kier molecular flexibility index (Phi) is 2.97. The van der Waals surface area contributed by atoms with Crippen LogP contribution in [-0.2, 0) is 0 Å². The van der Waals surface area contributed by atoms with Crippen LogP contribution in [0.25, 0.3) is 5.82 Å². The molecule has 19 heavy (non-hydrogen) atoms. The van der Waals surface area contributed by atoms with Gasteiger partial charge in [0.25, 0.3) is 0 Å². The molecule has 96 valence electrons. The Morgan fingerprint density at radius 1 is 1.26 bits per heavy atom. The molecule has 0 radical (unpaired) electrons. The van der Waals surface area contributed by atoms with Crippen molar-refractivity contribution in [2.45, 2.75) is 13.0 Å². The van der Waals surface area contributed by atoms with Crippen molar-refractivity contribution in [3.05, 3.63) is 54.7 Å². The van der Waals surface area contributed by atoms with Crippen LogP contribution in [0.4, 0.5) is 5.69 Å². The van der Waals surface area contributed by atoms with E-state index >= 15 is 0 Å². The maximum Gasteiger partial charge on any atom is 0.153 e. The number of pyridine rings is 1. The Morgan fingerprint density at radius 3 is 2.84 bits per heavy atom. The average Bonchev–Trinajstić information content (AvgIpc) is 3.13. The fourth-order valence-corrected chi connectivity index (χ4v) is 1.85. The summed E-state index contributed by atoms with van der Waals surface area (Å²) in [5.41, 5.74) is 1.99. The van der Waals surface area contributed by atoms with Gasteiger partial charge in [0, 0.05) is 18.6 Å². The third-order valence-corrected chi connectivity index (χ3v) is 2.86. The van der Waals surface area contributed by atoms with Crippen molar-refractivity contribution in [1.82, 2.24) is 25.0 Å². The van der Waals surface area contributed by atoms with Crippen molar-refractivity contribution < 1.29 is 0 Å². The van der Waals surface area contributed by atoms with Crippen molar-refractivity contribution in [3.8, 4) is 5.82 Å². The van der Waals surface area contributed by atoms with E-state index in [0.29, 0.717) is 0 Å². The van der Waals surface area contributed by atoms with Crippen LogP contribution in [-0.4, -0.2) is 25.0 Å². The Morgan fingerprint density at radius 2 is 2.21 bits per heavy atom. The first-order valence-electron chi connectivity index (χ1n) is 6.05. The van der Waals surface area contributed by atoms with E-state index in [2.05, 4.69) is 32.5 Å². The van der Waals surface area contributed by atoms with Crippen molar-refractivity contribution in [2.75, 3.05) is 5.32 Å². The second-order valence-electron chi connectivity index (χ2n) is 4.23. The lowest BCUT2D eigenvalue weighted by Gasteiger charge is -2.13. The highest BCUT2D eigenvalue weighted by atomic mass is 15.3. The van der Waals surface area contributed by atoms with Crippen LogP contribution in [0.2, 0.25) is 0 Å². The largest absolute Gasteiger partial charge is 0.376 e. The minimum absolute atomic E-state index is 0.153. The normalized spacial score (nSPS) is 12.3. The summed E-state index contributed by atoms with van der Waals surface area (Å²) in [6, 6.07) is 7.88. The molecule has 0 fully saturated rings. The lowest BCUT2D eigenvalue weighted by atomic mass is 10.2. The van der Waals surface area contributed by atoms with Crippen molar-refractivity contribution in [3.63, 3.8) is 0 Å². The monoisotopic (exact) mass is 254 g/mol. The number of aromatic nitrogens is 5. The molecule has 1 unspecified atom stereocenters. The van der Waals surface area contributed by atoms with Gasteiger partial charge in [-0.3, -0.25) is 5.10 Å². The van der Waals surface area contributed by atoms with Gasteiger partial charge in [0.2, 0.25) is 0 Å². The average molecular weight is 254 g/mol. The SMILES string of the molecule is CC(Nc1ccc(-n2cccn2)nc1)c1ccn[nH]1. The van der Waals surface area contributed by atoms with E-state index in [1.54, 1.807) is 23.3 Å². The summed E-state index contributed by atoms with van der Waals surface area (Å²) in [5.74, 6) is 0.796. The number of H-pyrrole nitrogens is 1. The first-order valence-corrected chi connectivity index (χ1v) is 6.05. The molecule has 3 aromatic heterocycles. The quantitative estimate of drug-likeness (QED) is 0.748. The summed E-state index contributed by atoms with van der Waals surface area (Å²) < 4.78 is 1.72. The molecule has 0 bridgehead atoms. The molecule has 0 aliphatic heterocycles. The minimum atomic E-state index is 0.153. The molecule has 1 atom stereocenters. The molecule has 6 nitrogen and oxygen atoms in total. The molecular formula is C13H14N6. The van der Waals surface area contributed by atoms with Gasteiger partial charge in [-0.15, -0.1) is 0 Å². The minimum Gasteiger partial charge on any atom is -0.376 e. The molecule has 3 rings (SSSR count). The number of hydrogen-bond donors (Lipinski definition) is 2. The zero-order chi connectivity index (χ0) is 13.1. The molecule has 2 N–H and O–H groups in total. The van der Waals surface area contributed by atoms with E-state index in [-0.39, 0.29) is 6.04 Å². The van der Waals surface area contributed by atoms with E-state index in [1.807, 2.05) is 30.5 Å². The summed E-state index contributed by atoms with van der Waals surface area (Å²) >= 11 is 0. The van der Waals surface area contributed by atoms with Gasteiger partial charge in [-0.2, -0.15) is 10.2 Å². The first-order chi connectivity index (χ1) is 9.33. The fourth-order valence-electron chi connectivity index (χ4n) is 1.85. The third-order valence-electron chi connectivity index (χ3n) is 2.86. The van der Waals surface area contributed by atoms with Crippen molar-refractivity contribution >= 4 is 5.69 Å². The predicted molar refractivity (Wildman–Crippen MR) is 72.0 cm³/mol. The standard InChI is InChI=1S/C13H14N6/c1-10(12-5-7-15-18-12)17-11-3-4-13(14-9-11)19-8-2-6-16-19/h2-10,17H,1H3,(H,15,18). The number of rotatable bonds is 4.